The van der Waals surface area contributed by atoms with Gasteiger partial charge in [0.25, 0.3) is 0 Å². The Bertz CT molecular complexity index is 372. The third kappa shape index (κ3) is 3.31. The van der Waals surface area contributed by atoms with Crippen LogP contribution in [0.5, 0.6) is 0 Å². The molecule has 1 fully saturated rings. The SMILES string of the molecule is CCCNC(c1sc(C)nc1C)C1CCOCC1. The van der Waals surface area contributed by atoms with Gasteiger partial charge in [-0.2, -0.15) is 0 Å². The molecule has 1 saturated heterocycles. The first-order chi connectivity index (χ1) is 8.72. The average molecular weight is 268 g/mol. The van der Waals surface area contributed by atoms with E-state index in [2.05, 4.69) is 31.1 Å². The fraction of sp³-hybridized carbons (Fsp3) is 0.786. The third-order valence-electron chi connectivity index (χ3n) is 3.57. The van der Waals surface area contributed by atoms with Crippen molar-refractivity contribution < 1.29 is 4.74 Å². The molecule has 1 atom stereocenters. The topological polar surface area (TPSA) is 34.2 Å². The largest absolute Gasteiger partial charge is 0.381 e. The van der Waals surface area contributed by atoms with Gasteiger partial charge in [0.05, 0.1) is 10.7 Å². The van der Waals surface area contributed by atoms with Gasteiger partial charge in [-0.15, -0.1) is 11.3 Å². The molecule has 0 aliphatic carbocycles. The lowest BCUT2D eigenvalue weighted by Crippen LogP contribution is -2.32. The van der Waals surface area contributed by atoms with E-state index in [4.69, 9.17) is 4.74 Å². The van der Waals surface area contributed by atoms with E-state index in [1.54, 1.807) is 0 Å². The van der Waals surface area contributed by atoms with Gasteiger partial charge in [-0.25, -0.2) is 4.98 Å². The van der Waals surface area contributed by atoms with Crippen molar-refractivity contribution in [1.29, 1.82) is 0 Å². The van der Waals surface area contributed by atoms with Crippen LogP contribution in [0.2, 0.25) is 0 Å². The zero-order valence-electron chi connectivity index (χ0n) is 11.7. The minimum absolute atomic E-state index is 0.472. The lowest BCUT2D eigenvalue weighted by molar-refractivity contribution is 0.0539. The lowest BCUT2D eigenvalue weighted by Gasteiger charge is -2.30. The monoisotopic (exact) mass is 268 g/mol. The van der Waals surface area contributed by atoms with Gasteiger partial charge >= 0.3 is 0 Å². The maximum absolute atomic E-state index is 5.49. The molecule has 4 heteroatoms. The maximum Gasteiger partial charge on any atom is 0.0900 e. The average Bonchev–Trinajstić information content (AvgIpc) is 2.70. The first kappa shape index (κ1) is 14.0. The molecule has 1 aromatic rings. The number of ether oxygens (including phenoxy) is 1. The van der Waals surface area contributed by atoms with Crippen LogP contribution in [0.1, 0.15) is 47.8 Å². The lowest BCUT2D eigenvalue weighted by atomic mass is 9.90. The van der Waals surface area contributed by atoms with Gasteiger partial charge in [0.2, 0.25) is 0 Å². The van der Waals surface area contributed by atoms with Crippen molar-refractivity contribution in [2.45, 2.75) is 46.1 Å². The number of hydrogen-bond acceptors (Lipinski definition) is 4. The highest BCUT2D eigenvalue weighted by atomic mass is 32.1. The summed E-state index contributed by atoms with van der Waals surface area (Å²) >= 11 is 1.85. The smallest absolute Gasteiger partial charge is 0.0900 e. The zero-order chi connectivity index (χ0) is 13.0. The van der Waals surface area contributed by atoms with E-state index < -0.39 is 0 Å². The van der Waals surface area contributed by atoms with Gasteiger partial charge in [-0.05, 0) is 45.6 Å². The van der Waals surface area contributed by atoms with E-state index in [0.29, 0.717) is 12.0 Å². The molecule has 1 aliphatic rings. The molecule has 1 unspecified atom stereocenters. The number of nitrogens with zero attached hydrogens (tertiary/aromatic N) is 1. The van der Waals surface area contributed by atoms with Crippen LogP contribution in [0, 0.1) is 19.8 Å². The molecule has 0 amide bonds. The molecule has 102 valence electrons. The van der Waals surface area contributed by atoms with Crippen molar-refractivity contribution in [2.75, 3.05) is 19.8 Å². The summed E-state index contributed by atoms with van der Waals surface area (Å²) in [4.78, 5) is 6.02. The molecule has 3 nitrogen and oxygen atoms in total. The van der Waals surface area contributed by atoms with E-state index in [1.807, 2.05) is 11.3 Å². The van der Waals surface area contributed by atoms with Crippen LogP contribution < -0.4 is 5.32 Å². The Morgan fingerprint density at radius 3 is 2.67 bits per heavy atom. The molecule has 0 spiro atoms. The first-order valence-electron chi connectivity index (χ1n) is 6.97. The Balaban J connectivity index is 2.15. The molecule has 0 saturated carbocycles. The predicted octanol–water partition coefficient (Wildman–Crippen LogP) is 3.23. The van der Waals surface area contributed by atoms with Crippen LogP contribution >= 0.6 is 11.3 Å². The molecule has 0 bridgehead atoms. The number of thiazole rings is 1. The highest BCUT2D eigenvalue weighted by molar-refractivity contribution is 7.11. The second kappa shape index (κ2) is 6.64. The quantitative estimate of drug-likeness (QED) is 0.890. The van der Waals surface area contributed by atoms with E-state index in [-0.39, 0.29) is 0 Å². The number of aryl methyl sites for hydroxylation is 2. The summed E-state index contributed by atoms with van der Waals surface area (Å²) in [6.45, 7) is 9.36. The second-order valence-electron chi connectivity index (χ2n) is 5.06. The predicted molar refractivity (Wildman–Crippen MR) is 76.2 cm³/mol. The van der Waals surface area contributed by atoms with E-state index in [0.717, 1.165) is 32.6 Å². The van der Waals surface area contributed by atoms with Crippen LogP contribution in [0.4, 0.5) is 0 Å². The summed E-state index contributed by atoms with van der Waals surface area (Å²) in [7, 11) is 0. The van der Waals surface area contributed by atoms with Crippen LogP contribution in [-0.2, 0) is 4.74 Å². The molecule has 1 aliphatic heterocycles. The molecule has 2 heterocycles. The van der Waals surface area contributed by atoms with Gasteiger partial charge in [-0.1, -0.05) is 6.92 Å². The summed E-state index contributed by atoms with van der Waals surface area (Å²) in [5.41, 5.74) is 1.21. The van der Waals surface area contributed by atoms with Gasteiger partial charge in [0.15, 0.2) is 0 Å². The zero-order valence-corrected chi connectivity index (χ0v) is 12.5. The Kier molecular flexibility index (Phi) is 5.15. The molecule has 18 heavy (non-hydrogen) atoms. The first-order valence-corrected chi connectivity index (χ1v) is 7.79. The molecular weight excluding hydrogens is 244 g/mol. The molecule has 1 N–H and O–H groups in total. The summed E-state index contributed by atoms with van der Waals surface area (Å²) < 4.78 is 5.49. The fourth-order valence-corrected chi connectivity index (χ4v) is 3.75. The Morgan fingerprint density at radius 1 is 1.39 bits per heavy atom. The Morgan fingerprint density at radius 2 is 2.11 bits per heavy atom. The normalized spacial score (nSPS) is 19.1. The fourth-order valence-electron chi connectivity index (χ4n) is 2.66. The Labute approximate surface area is 114 Å². The second-order valence-corrected chi connectivity index (χ2v) is 6.30. The minimum atomic E-state index is 0.472. The molecule has 0 aromatic carbocycles. The summed E-state index contributed by atoms with van der Waals surface area (Å²) in [6.07, 6.45) is 3.51. The van der Waals surface area contributed by atoms with Crippen LogP contribution in [0.15, 0.2) is 0 Å². The van der Waals surface area contributed by atoms with Crippen LogP contribution in [0.3, 0.4) is 0 Å². The number of rotatable bonds is 5. The van der Waals surface area contributed by atoms with Gasteiger partial charge in [0.1, 0.15) is 0 Å². The van der Waals surface area contributed by atoms with Crippen LogP contribution in [0.25, 0.3) is 0 Å². The van der Waals surface area contributed by atoms with E-state index in [9.17, 15) is 0 Å². The number of hydrogen-bond donors (Lipinski definition) is 1. The van der Waals surface area contributed by atoms with E-state index >= 15 is 0 Å². The molecular formula is C14H24N2OS. The summed E-state index contributed by atoms with van der Waals surface area (Å²) in [5, 5.41) is 4.90. The maximum atomic E-state index is 5.49. The number of nitrogens with one attached hydrogen (secondary N) is 1. The van der Waals surface area contributed by atoms with Crippen molar-refractivity contribution >= 4 is 11.3 Å². The van der Waals surface area contributed by atoms with Crippen molar-refractivity contribution in [3.05, 3.63) is 15.6 Å². The van der Waals surface area contributed by atoms with Crippen molar-refractivity contribution in [1.82, 2.24) is 10.3 Å². The molecule has 2 rings (SSSR count). The number of aromatic nitrogens is 1. The van der Waals surface area contributed by atoms with Crippen LogP contribution in [-0.4, -0.2) is 24.7 Å². The highest BCUT2D eigenvalue weighted by Gasteiger charge is 2.27. The van der Waals surface area contributed by atoms with Gasteiger partial charge in [0, 0.05) is 24.1 Å². The summed E-state index contributed by atoms with van der Waals surface area (Å²) in [5.74, 6) is 0.698. The van der Waals surface area contributed by atoms with E-state index in [1.165, 1.54) is 22.0 Å². The summed E-state index contributed by atoms with van der Waals surface area (Å²) in [6, 6.07) is 0.472. The standard InChI is InChI=1S/C14H24N2OS/c1-4-7-15-13(12-5-8-17-9-6-12)14-10(2)16-11(3)18-14/h12-13,15H,4-9H2,1-3H3. The third-order valence-corrected chi connectivity index (χ3v) is 4.73. The minimum Gasteiger partial charge on any atom is -0.381 e. The van der Waals surface area contributed by atoms with Crippen molar-refractivity contribution in [3.63, 3.8) is 0 Å². The molecule has 1 aromatic heterocycles. The Hall–Kier alpha value is -0.450. The van der Waals surface area contributed by atoms with Gasteiger partial charge in [-0.3, -0.25) is 0 Å². The highest BCUT2D eigenvalue weighted by Crippen LogP contribution is 2.34. The van der Waals surface area contributed by atoms with Crippen molar-refractivity contribution in [2.24, 2.45) is 5.92 Å². The van der Waals surface area contributed by atoms with Crippen molar-refractivity contribution in [3.8, 4) is 0 Å². The molecule has 0 radical (unpaired) electrons. The van der Waals surface area contributed by atoms with Gasteiger partial charge < -0.3 is 10.1 Å².